The van der Waals surface area contributed by atoms with Crippen LogP contribution in [0.1, 0.15) is 27.7 Å². The van der Waals surface area contributed by atoms with Gasteiger partial charge in [0.05, 0.1) is 37.9 Å². The van der Waals surface area contributed by atoms with Gasteiger partial charge in [-0.15, -0.1) is 0 Å². The van der Waals surface area contributed by atoms with Gasteiger partial charge >= 0.3 is 0 Å². The molecule has 4 nitrogen and oxygen atoms in total. The molecule has 0 aliphatic rings. The van der Waals surface area contributed by atoms with Crippen LogP contribution in [0.15, 0.2) is 25.7 Å². The lowest BCUT2D eigenvalue weighted by molar-refractivity contribution is 0.0449. The third-order valence-corrected chi connectivity index (χ3v) is 1.54. The molecule has 0 N–H and O–H groups in total. The molecule has 0 aromatic heterocycles. The second-order valence-electron chi connectivity index (χ2n) is 3.91. The van der Waals surface area contributed by atoms with Gasteiger partial charge in [-0.3, -0.25) is 0 Å². The van der Waals surface area contributed by atoms with Crippen LogP contribution in [-0.4, -0.2) is 38.6 Å². The summed E-state index contributed by atoms with van der Waals surface area (Å²) in [5, 5.41) is 0. The predicted molar refractivity (Wildman–Crippen MR) is 74.5 cm³/mol. The van der Waals surface area contributed by atoms with Crippen molar-refractivity contribution < 1.29 is 18.9 Å². The van der Waals surface area contributed by atoms with E-state index in [0.29, 0.717) is 38.6 Å². The van der Waals surface area contributed by atoms with Gasteiger partial charge in [0.15, 0.2) is 0 Å². The van der Waals surface area contributed by atoms with Gasteiger partial charge in [0, 0.05) is 0 Å². The first-order valence-electron chi connectivity index (χ1n) is 6.22. The summed E-state index contributed by atoms with van der Waals surface area (Å²) in [6.45, 7) is 17.3. The predicted octanol–water partition coefficient (Wildman–Crippen LogP) is 3.14. The third-order valence-electron chi connectivity index (χ3n) is 1.54. The summed E-state index contributed by atoms with van der Waals surface area (Å²) in [6, 6.07) is 0. The fraction of sp³-hybridized carbons (Fsp3) is 0.714. The molecule has 0 saturated heterocycles. The van der Waals surface area contributed by atoms with Crippen LogP contribution in [0.5, 0.6) is 0 Å². The zero-order chi connectivity index (χ0) is 14.2. The second-order valence-corrected chi connectivity index (χ2v) is 3.91. The van der Waals surface area contributed by atoms with Gasteiger partial charge in [-0.2, -0.15) is 0 Å². The van der Waals surface area contributed by atoms with Crippen LogP contribution < -0.4 is 0 Å². The number of rotatable bonds is 10. The second kappa shape index (κ2) is 16.0. The summed E-state index contributed by atoms with van der Waals surface area (Å²) in [6.07, 6.45) is 3.42. The molecule has 108 valence electrons. The highest BCUT2D eigenvalue weighted by atomic mass is 16.5. The Balaban J connectivity index is 0. The summed E-state index contributed by atoms with van der Waals surface area (Å²) in [5.74, 6) is 0. The van der Waals surface area contributed by atoms with E-state index in [1.54, 1.807) is 0 Å². The molecule has 0 heterocycles. The highest BCUT2D eigenvalue weighted by Gasteiger charge is 1.90. The molecule has 0 bridgehead atoms. The average Bonchev–Trinajstić information content (AvgIpc) is 2.31. The number of ether oxygens (including phenoxy) is 4. The Bertz CT molecular complexity index is 159. The van der Waals surface area contributed by atoms with E-state index in [9.17, 15) is 0 Å². The van der Waals surface area contributed by atoms with E-state index in [4.69, 9.17) is 18.9 Å². The molecule has 0 aliphatic heterocycles. The first-order valence-corrected chi connectivity index (χ1v) is 6.22. The fourth-order valence-corrected chi connectivity index (χ4v) is 0.831. The molecule has 0 aromatic rings. The Kier molecular flexibility index (Phi) is 17.2. The fourth-order valence-electron chi connectivity index (χ4n) is 0.831. The van der Waals surface area contributed by atoms with Crippen molar-refractivity contribution in [1.29, 1.82) is 0 Å². The van der Waals surface area contributed by atoms with Crippen LogP contribution in [-0.2, 0) is 18.9 Å². The monoisotopic (exact) mass is 260 g/mol. The van der Waals surface area contributed by atoms with Crippen molar-refractivity contribution in [3.05, 3.63) is 25.7 Å². The number of hydrogen-bond acceptors (Lipinski definition) is 4. The molecule has 0 unspecified atom stereocenters. The standard InChI is InChI=1S/2C7H14O2/c2*1-4-8-5-6-9-7(2)3/h2*4,7H,1,5-6H2,2-3H3. The topological polar surface area (TPSA) is 36.9 Å². The lowest BCUT2D eigenvalue weighted by atomic mass is 10.5. The van der Waals surface area contributed by atoms with Gasteiger partial charge < -0.3 is 18.9 Å². The highest BCUT2D eigenvalue weighted by Crippen LogP contribution is 1.87. The highest BCUT2D eigenvalue weighted by molar-refractivity contribution is 4.48. The van der Waals surface area contributed by atoms with E-state index in [1.807, 2.05) is 27.7 Å². The van der Waals surface area contributed by atoms with Crippen LogP contribution in [0.4, 0.5) is 0 Å². The van der Waals surface area contributed by atoms with Crippen molar-refractivity contribution in [2.24, 2.45) is 0 Å². The van der Waals surface area contributed by atoms with E-state index in [-0.39, 0.29) is 0 Å². The Morgan fingerprint density at radius 1 is 0.722 bits per heavy atom. The molecule has 0 fully saturated rings. The van der Waals surface area contributed by atoms with Crippen LogP contribution in [0, 0.1) is 0 Å². The smallest absolute Gasteiger partial charge is 0.111 e. The molecular formula is C14H28O4. The van der Waals surface area contributed by atoms with Crippen LogP contribution in [0.25, 0.3) is 0 Å². The molecule has 0 rings (SSSR count). The lowest BCUT2D eigenvalue weighted by Crippen LogP contribution is -2.07. The Hall–Kier alpha value is -1.00. The maximum Gasteiger partial charge on any atom is 0.111 e. The molecule has 4 heteroatoms. The minimum Gasteiger partial charge on any atom is -0.499 e. The summed E-state index contributed by atoms with van der Waals surface area (Å²) in [7, 11) is 0. The van der Waals surface area contributed by atoms with Gasteiger partial charge in [0.25, 0.3) is 0 Å². The van der Waals surface area contributed by atoms with Crippen molar-refractivity contribution in [1.82, 2.24) is 0 Å². The van der Waals surface area contributed by atoms with Gasteiger partial charge in [-0.25, -0.2) is 0 Å². The van der Waals surface area contributed by atoms with Crippen molar-refractivity contribution >= 4 is 0 Å². The van der Waals surface area contributed by atoms with Crippen LogP contribution in [0.3, 0.4) is 0 Å². The van der Waals surface area contributed by atoms with E-state index >= 15 is 0 Å². The van der Waals surface area contributed by atoms with E-state index in [2.05, 4.69) is 13.2 Å². The normalized spacial score (nSPS) is 9.67. The summed E-state index contributed by atoms with van der Waals surface area (Å²) in [5.41, 5.74) is 0. The third kappa shape index (κ3) is 24.3. The Labute approximate surface area is 112 Å². The Morgan fingerprint density at radius 2 is 1.06 bits per heavy atom. The Morgan fingerprint density at radius 3 is 1.28 bits per heavy atom. The molecule has 18 heavy (non-hydrogen) atoms. The number of hydrogen-bond donors (Lipinski definition) is 0. The molecular weight excluding hydrogens is 232 g/mol. The molecule has 0 aromatic carbocycles. The minimum absolute atomic E-state index is 0.290. The van der Waals surface area contributed by atoms with E-state index in [0.717, 1.165) is 0 Å². The van der Waals surface area contributed by atoms with Crippen molar-refractivity contribution in [2.75, 3.05) is 26.4 Å². The van der Waals surface area contributed by atoms with Crippen molar-refractivity contribution in [2.45, 2.75) is 39.9 Å². The minimum atomic E-state index is 0.290. The van der Waals surface area contributed by atoms with Gasteiger partial charge in [-0.05, 0) is 27.7 Å². The van der Waals surface area contributed by atoms with Crippen LogP contribution in [0.2, 0.25) is 0 Å². The molecule has 0 aliphatic carbocycles. The molecule has 0 saturated carbocycles. The van der Waals surface area contributed by atoms with Gasteiger partial charge in [0.2, 0.25) is 0 Å². The largest absolute Gasteiger partial charge is 0.499 e. The first-order chi connectivity index (χ1) is 8.54. The van der Waals surface area contributed by atoms with E-state index in [1.165, 1.54) is 12.5 Å². The summed E-state index contributed by atoms with van der Waals surface area (Å²) in [4.78, 5) is 0. The SMILES string of the molecule is C=COCCOC(C)C.C=COCCOC(C)C. The maximum absolute atomic E-state index is 5.17. The summed E-state index contributed by atoms with van der Waals surface area (Å²) < 4.78 is 20.0. The van der Waals surface area contributed by atoms with Gasteiger partial charge in [0.1, 0.15) is 13.2 Å². The summed E-state index contributed by atoms with van der Waals surface area (Å²) >= 11 is 0. The lowest BCUT2D eigenvalue weighted by Gasteiger charge is -2.05. The molecule has 0 atom stereocenters. The molecule has 0 radical (unpaired) electrons. The van der Waals surface area contributed by atoms with Crippen molar-refractivity contribution in [3.63, 3.8) is 0 Å². The van der Waals surface area contributed by atoms with Crippen LogP contribution >= 0.6 is 0 Å². The molecule has 0 amide bonds. The zero-order valence-corrected chi connectivity index (χ0v) is 12.2. The van der Waals surface area contributed by atoms with Gasteiger partial charge in [-0.1, -0.05) is 13.2 Å². The van der Waals surface area contributed by atoms with Crippen molar-refractivity contribution in [3.8, 4) is 0 Å². The zero-order valence-electron chi connectivity index (χ0n) is 12.2. The quantitative estimate of drug-likeness (QED) is 0.446. The maximum atomic E-state index is 5.17. The average molecular weight is 260 g/mol. The first kappa shape index (κ1) is 19.3. The van der Waals surface area contributed by atoms with E-state index < -0.39 is 0 Å². The molecule has 0 spiro atoms.